The summed E-state index contributed by atoms with van der Waals surface area (Å²) >= 11 is 6.62. The summed E-state index contributed by atoms with van der Waals surface area (Å²) in [7, 11) is 0. The van der Waals surface area contributed by atoms with Crippen molar-refractivity contribution in [3.63, 3.8) is 0 Å². The van der Waals surface area contributed by atoms with E-state index in [0.717, 1.165) is 0 Å². The molecule has 0 aliphatic heterocycles. The van der Waals surface area contributed by atoms with Crippen LogP contribution in [0.1, 0.15) is 6.81 Å². The molecular formula is C5H4I2S. The molecule has 0 fully saturated rings. The predicted molar refractivity (Wildman–Crippen MR) is 55.1 cm³/mol. The molecule has 0 aliphatic carbocycles. The molecule has 8 heavy (non-hydrogen) atoms. The lowest BCUT2D eigenvalue weighted by Crippen LogP contribution is -1.65. The molecule has 1 aromatic heterocycles. The monoisotopic (exact) mass is 350 g/mol. The first kappa shape index (κ1) is 7.27. The summed E-state index contributed by atoms with van der Waals surface area (Å²) in [5, 5.41) is 2.11. The fourth-order valence-corrected chi connectivity index (χ4v) is 2.29. The number of alkyl halides is 2. The van der Waals surface area contributed by atoms with Gasteiger partial charge in [0.2, 0.25) is 0 Å². The second-order valence-electron chi connectivity index (χ2n) is 1.32. The van der Waals surface area contributed by atoms with Crippen molar-refractivity contribution in [1.29, 1.82) is 0 Å². The maximum Gasteiger partial charge on any atom is 0.0966 e. The minimum Gasteiger partial charge on any atom is -0.147 e. The Morgan fingerprint density at radius 1 is 1.50 bits per heavy atom. The molecule has 0 unspecified atom stereocenters. The lowest BCUT2D eigenvalue weighted by atomic mass is 10.5. The Morgan fingerprint density at radius 3 is 2.50 bits per heavy atom. The molecule has 0 aromatic carbocycles. The van der Waals surface area contributed by atoms with Gasteiger partial charge in [0.25, 0.3) is 0 Å². The Balaban J connectivity index is 2.77. The molecule has 0 nitrogen and oxygen atoms in total. The van der Waals surface area contributed by atoms with Crippen LogP contribution in [-0.2, 0) is 0 Å². The highest BCUT2D eigenvalue weighted by molar-refractivity contribution is 14.2. The zero-order valence-electron chi connectivity index (χ0n) is 3.97. The first-order valence-corrected chi connectivity index (χ1v) is 5.49. The van der Waals surface area contributed by atoms with Crippen molar-refractivity contribution in [2.45, 2.75) is 1.93 Å². The van der Waals surface area contributed by atoms with Gasteiger partial charge in [-0.1, -0.05) is 51.2 Å². The van der Waals surface area contributed by atoms with E-state index in [4.69, 9.17) is 0 Å². The van der Waals surface area contributed by atoms with E-state index in [-0.39, 0.29) is 0 Å². The zero-order valence-corrected chi connectivity index (χ0v) is 9.11. The van der Waals surface area contributed by atoms with Crippen LogP contribution < -0.4 is 0 Å². The Bertz CT molecular complexity index is 145. The normalized spacial score (nSPS) is 10.4. The molecule has 0 saturated carbocycles. The fourth-order valence-electron chi connectivity index (χ4n) is 0.415. The summed E-state index contributed by atoms with van der Waals surface area (Å²) < 4.78 is 0.644. The van der Waals surface area contributed by atoms with Gasteiger partial charge < -0.3 is 0 Å². The van der Waals surface area contributed by atoms with E-state index >= 15 is 0 Å². The molecular weight excluding hydrogens is 346 g/mol. The first-order chi connectivity index (χ1) is 3.80. The van der Waals surface area contributed by atoms with Crippen LogP contribution in [0.15, 0.2) is 17.5 Å². The van der Waals surface area contributed by atoms with Crippen molar-refractivity contribution >= 4 is 56.5 Å². The SMILES string of the molecule is IC(I)c1cccs1. The summed E-state index contributed by atoms with van der Waals surface area (Å²) in [5.41, 5.74) is 0. The minimum absolute atomic E-state index is 0.644. The van der Waals surface area contributed by atoms with E-state index in [9.17, 15) is 0 Å². The molecule has 0 amide bonds. The van der Waals surface area contributed by atoms with Gasteiger partial charge in [-0.2, -0.15) is 0 Å². The van der Waals surface area contributed by atoms with E-state index in [2.05, 4.69) is 62.7 Å². The third-order valence-corrected chi connectivity index (χ3v) is 3.88. The first-order valence-electron chi connectivity index (χ1n) is 2.12. The van der Waals surface area contributed by atoms with Crippen LogP contribution in [0.2, 0.25) is 0 Å². The van der Waals surface area contributed by atoms with Gasteiger partial charge in [-0.25, -0.2) is 0 Å². The Morgan fingerprint density at radius 2 is 2.25 bits per heavy atom. The van der Waals surface area contributed by atoms with Crippen LogP contribution in [-0.4, -0.2) is 0 Å². The standard InChI is InChI=1S/C5H4I2S/c6-5(7)4-2-1-3-8-4/h1-3,5H. The third kappa shape index (κ3) is 1.84. The molecule has 0 radical (unpaired) electrons. The van der Waals surface area contributed by atoms with Crippen LogP contribution >= 0.6 is 56.5 Å². The molecule has 0 N–H and O–H groups in total. The lowest BCUT2D eigenvalue weighted by molar-refractivity contribution is 1.62. The van der Waals surface area contributed by atoms with Crippen LogP contribution in [0.5, 0.6) is 0 Å². The van der Waals surface area contributed by atoms with E-state index < -0.39 is 0 Å². The van der Waals surface area contributed by atoms with Crippen LogP contribution in [0.25, 0.3) is 0 Å². The molecule has 3 heteroatoms. The number of halogens is 2. The summed E-state index contributed by atoms with van der Waals surface area (Å²) in [6.45, 7) is 0. The van der Waals surface area contributed by atoms with Crippen molar-refractivity contribution in [2.75, 3.05) is 0 Å². The molecule has 0 saturated heterocycles. The van der Waals surface area contributed by atoms with Gasteiger partial charge in [-0.15, -0.1) is 11.3 Å². The van der Waals surface area contributed by atoms with E-state index in [0.29, 0.717) is 1.93 Å². The number of rotatable bonds is 1. The molecule has 0 spiro atoms. The van der Waals surface area contributed by atoms with Crippen LogP contribution in [0, 0.1) is 0 Å². The third-order valence-electron chi connectivity index (χ3n) is 0.758. The molecule has 1 aromatic rings. The summed E-state index contributed by atoms with van der Waals surface area (Å²) in [6, 6.07) is 4.25. The predicted octanol–water partition coefficient (Wildman–Crippen LogP) is 3.62. The van der Waals surface area contributed by atoms with Gasteiger partial charge in [0.15, 0.2) is 0 Å². The van der Waals surface area contributed by atoms with Crippen molar-refractivity contribution in [3.05, 3.63) is 22.4 Å². The van der Waals surface area contributed by atoms with Crippen molar-refractivity contribution in [1.82, 2.24) is 0 Å². The van der Waals surface area contributed by atoms with Crippen molar-refractivity contribution in [3.8, 4) is 0 Å². The minimum atomic E-state index is 0.644. The van der Waals surface area contributed by atoms with E-state index in [1.807, 2.05) is 11.3 Å². The van der Waals surface area contributed by atoms with Crippen LogP contribution in [0.3, 0.4) is 0 Å². The van der Waals surface area contributed by atoms with Gasteiger partial charge in [0.1, 0.15) is 0 Å². The Hall–Kier alpha value is 1.16. The lowest BCUT2D eigenvalue weighted by Gasteiger charge is -1.91. The Kier molecular flexibility index (Phi) is 3.05. The largest absolute Gasteiger partial charge is 0.147 e. The van der Waals surface area contributed by atoms with Gasteiger partial charge in [-0.05, 0) is 11.4 Å². The summed E-state index contributed by atoms with van der Waals surface area (Å²) in [4.78, 5) is 1.45. The number of hydrogen-bond acceptors (Lipinski definition) is 1. The fraction of sp³-hybridized carbons (Fsp3) is 0.200. The average molecular weight is 350 g/mol. The van der Waals surface area contributed by atoms with Crippen molar-refractivity contribution in [2.24, 2.45) is 0 Å². The van der Waals surface area contributed by atoms with Gasteiger partial charge >= 0.3 is 0 Å². The molecule has 0 aliphatic rings. The maximum atomic E-state index is 2.40. The quantitative estimate of drug-likeness (QED) is 0.536. The Labute approximate surface area is 80.0 Å². The summed E-state index contributed by atoms with van der Waals surface area (Å²) in [6.07, 6.45) is 0. The summed E-state index contributed by atoms with van der Waals surface area (Å²) in [5.74, 6) is 0. The molecule has 1 rings (SSSR count). The maximum absolute atomic E-state index is 2.40. The van der Waals surface area contributed by atoms with Gasteiger partial charge in [0, 0.05) is 4.88 Å². The average Bonchev–Trinajstić information content (AvgIpc) is 2.12. The van der Waals surface area contributed by atoms with Crippen molar-refractivity contribution < 1.29 is 0 Å². The number of hydrogen-bond donors (Lipinski definition) is 0. The highest BCUT2D eigenvalue weighted by Gasteiger charge is 1.99. The molecule has 44 valence electrons. The highest BCUT2D eigenvalue weighted by atomic mass is 127. The zero-order chi connectivity index (χ0) is 5.98. The smallest absolute Gasteiger partial charge is 0.0966 e. The van der Waals surface area contributed by atoms with Gasteiger partial charge in [0.05, 0.1) is 1.93 Å². The molecule has 0 atom stereocenters. The topological polar surface area (TPSA) is 0 Å². The second kappa shape index (κ2) is 3.36. The second-order valence-corrected chi connectivity index (χ2v) is 7.17. The van der Waals surface area contributed by atoms with Crippen LogP contribution in [0.4, 0.5) is 0 Å². The molecule has 1 heterocycles. The molecule has 0 bridgehead atoms. The number of thiophene rings is 1. The van der Waals surface area contributed by atoms with E-state index in [1.165, 1.54) is 4.88 Å². The van der Waals surface area contributed by atoms with Gasteiger partial charge in [-0.3, -0.25) is 0 Å². The van der Waals surface area contributed by atoms with E-state index in [1.54, 1.807) is 0 Å². The highest BCUT2D eigenvalue weighted by Crippen LogP contribution is 2.33.